The lowest BCUT2D eigenvalue weighted by Crippen LogP contribution is -2.38. The first-order valence-corrected chi connectivity index (χ1v) is 7.44. The molecule has 1 N–H and O–H groups in total. The molecule has 0 saturated heterocycles. The van der Waals surface area contributed by atoms with Gasteiger partial charge in [-0.15, -0.1) is 0 Å². The first-order chi connectivity index (χ1) is 8.92. The van der Waals surface area contributed by atoms with Crippen LogP contribution in [0.25, 0.3) is 0 Å². The number of halogens is 2. The average molecular weight is 300 g/mol. The van der Waals surface area contributed by atoms with Gasteiger partial charge in [-0.25, -0.2) is 0 Å². The number of amides is 1. The van der Waals surface area contributed by atoms with E-state index in [9.17, 15) is 4.79 Å². The van der Waals surface area contributed by atoms with E-state index >= 15 is 0 Å². The van der Waals surface area contributed by atoms with Crippen LogP contribution in [-0.4, -0.2) is 5.91 Å². The predicted octanol–water partition coefficient (Wildman–Crippen LogP) is 4.75. The fourth-order valence-corrected chi connectivity index (χ4v) is 2.92. The summed E-state index contributed by atoms with van der Waals surface area (Å²) in [6, 6.07) is 5.42. The molecule has 1 amide bonds. The molecule has 2 nitrogen and oxygen atoms in total. The summed E-state index contributed by atoms with van der Waals surface area (Å²) in [7, 11) is 0. The highest BCUT2D eigenvalue weighted by Crippen LogP contribution is 2.38. The van der Waals surface area contributed by atoms with E-state index in [4.69, 9.17) is 23.2 Å². The summed E-state index contributed by atoms with van der Waals surface area (Å²) in [5.74, 6) is 0.142. The Morgan fingerprint density at radius 3 is 2.47 bits per heavy atom. The van der Waals surface area contributed by atoms with E-state index in [1.165, 1.54) is 0 Å². The van der Waals surface area contributed by atoms with E-state index in [2.05, 4.69) is 12.2 Å². The molecule has 0 heterocycles. The third-order valence-electron chi connectivity index (χ3n) is 4.05. The highest BCUT2D eigenvalue weighted by Gasteiger charge is 2.36. The maximum Gasteiger partial charge on any atom is 0.226 e. The second-order valence-corrected chi connectivity index (χ2v) is 6.45. The van der Waals surface area contributed by atoms with Crippen molar-refractivity contribution >= 4 is 29.1 Å². The van der Waals surface area contributed by atoms with Crippen molar-refractivity contribution in [3.63, 3.8) is 0 Å². The monoisotopic (exact) mass is 299 g/mol. The Bertz CT molecular complexity index is 481. The average Bonchev–Trinajstić information content (AvgIpc) is 2.81. The van der Waals surface area contributed by atoms with E-state index < -0.39 is 0 Å². The van der Waals surface area contributed by atoms with Gasteiger partial charge in [0.1, 0.15) is 0 Å². The summed E-state index contributed by atoms with van der Waals surface area (Å²) < 4.78 is 0. The zero-order valence-corrected chi connectivity index (χ0v) is 12.8. The van der Waals surface area contributed by atoms with Crippen LogP contribution in [-0.2, 0) is 4.79 Å². The Kier molecular flexibility index (Phi) is 4.42. The molecule has 0 spiro atoms. The smallest absolute Gasteiger partial charge is 0.226 e. The Balaban J connectivity index is 2.06. The quantitative estimate of drug-likeness (QED) is 0.857. The maximum atomic E-state index is 12.3. The largest absolute Gasteiger partial charge is 0.349 e. The molecule has 2 rings (SSSR count). The van der Waals surface area contributed by atoms with Gasteiger partial charge in [0.05, 0.1) is 16.1 Å². The lowest BCUT2D eigenvalue weighted by atomic mass is 9.87. The maximum absolute atomic E-state index is 12.3. The number of nitrogens with one attached hydrogen (secondary N) is 1. The molecule has 1 aromatic carbocycles. The molecular formula is C15H19Cl2NO. The minimum atomic E-state index is -0.204. The number of rotatable bonds is 3. The highest BCUT2D eigenvalue weighted by molar-refractivity contribution is 6.42. The number of hydrogen-bond donors (Lipinski definition) is 1. The Morgan fingerprint density at radius 1 is 1.26 bits per heavy atom. The molecule has 0 aromatic heterocycles. The Morgan fingerprint density at radius 2 is 1.89 bits per heavy atom. The standard InChI is InChI=1S/C15H19Cl2NO/c1-10(11-5-6-12(16)13(17)9-11)18-14(19)15(2)7-3-4-8-15/h5-6,9-10H,3-4,7-8H2,1-2H3,(H,18,19). The first-order valence-electron chi connectivity index (χ1n) is 6.68. The van der Waals surface area contributed by atoms with Gasteiger partial charge < -0.3 is 5.32 Å². The number of carbonyl (C=O) groups excluding carboxylic acids is 1. The fourth-order valence-electron chi connectivity index (χ4n) is 2.62. The van der Waals surface area contributed by atoms with Crippen LogP contribution in [0.3, 0.4) is 0 Å². The molecule has 1 saturated carbocycles. The van der Waals surface area contributed by atoms with Crippen molar-refractivity contribution in [2.45, 2.75) is 45.6 Å². The zero-order chi connectivity index (χ0) is 14.0. The van der Waals surface area contributed by atoms with E-state index in [0.717, 1.165) is 31.2 Å². The molecule has 1 aliphatic rings. The van der Waals surface area contributed by atoms with Gasteiger partial charge in [-0.3, -0.25) is 4.79 Å². The lowest BCUT2D eigenvalue weighted by Gasteiger charge is -2.25. The number of hydrogen-bond acceptors (Lipinski definition) is 1. The van der Waals surface area contributed by atoms with Crippen LogP contribution in [0, 0.1) is 5.41 Å². The van der Waals surface area contributed by atoms with Crippen molar-refractivity contribution in [3.8, 4) is 0 Å². The molecule has 104 valence electrons. The minimum absolute atomic E-state index is 0.0558. The van der Waals surface area contributed by atoms with Crippen molar-refractivity contribution in [2.75, 3.05) is 0 Å². The van der Waals surface area contributed by atoms with Crippen LogP contribution in [0.5, 0.6) is 0 Å². The second-order valence-electron chi connectivity index (χ2n) is 5.64. The summed E-state index contributed by atoms with van der Waals surface area (Å²) in [6.07, 6.45) is 4.25. The van der Waals surface area contributed by atoms with Gasteiger partial charge in [0, 0.05) is 5.41 Å². The molecule has 1 fully saturated rings. The van der Waals surface area contributed by atoms with Crippen molar-refractivity contribution in [3.05, 3.63) is 33.8 Å². The van der Waals surface area contributed by atoms with E-state index in [1.807, 2.05) is 19.1 Å². The van der Waals surface area contributed by atoms with Crippen LogP contribution < -0.4 is 5.32 Å². The summed E-state index contributed by atoms with van der Waals surface area (Å²) >= 11 is 11.9. The van der Waals surface area contributed by atoms with E-state index in [-0.39, 0.29) is 17.4 Å². The van der Waals surface area contributed by atoms with Gasteiger partial charge in [-0.1, -0.05) is 49.0 Å². The molecule has 1 aromatic rings. The number of benzene rings is 1. The highest BCUT2D eigenvalue weighted by atomic mass is 35.5. The van der Waals surface area contributed by atoms with Crippen molar-refractivity contribution in [2.24, 2.45) is 5.41 Å². The van der Waals surface area contributed by atoms with Crippen LogP contribution in [0.2, 0.25) is 10.0 Å². The van der Waals surface area contributed by atoms with Gasteiger partial charge >= 0.3 is 0 Å². The fraction of sp³-hybridized carbons (Fsp3) is 0.533. The molecule has 1 atom stereocenters. The minimum Gasteiger partial charge on any atom is -0.349 e. The van der Waals surface area contributed by atoms with E-state index in [1.54, 1.807) is 6.07 Å². The number of carbonyl (C=O) groups is 1. The van der Waals surface area contributed by atoms with Crippen LogP contribution in [0.15, 0.2) is 18.2 Å². The summed E-state index contributed by atoms with van der Waals surface area (Å²) in [4.78, 5) is 12.3. The third kappa shape index (κ3) is 3.24. The Labute approximate surface area is 124 Å². The Hall–Kier alpha value is -0.730. The van der Waals surface area contributed by atoms with Crippen LogP contribution in [0.1, 0.15) is 51.1 Å². The SMILES string of the molecule is CC(NC(=O)C1(C)CCCC1)c1ccc(Cl)c(Cl)c1. The summed E-state index contributed by atoms with van der Waals surface area (Å²) in [6.45, 7) is 4.02. The predicted molar refractivity (Wildman–Crippen MR) is 79.6 cm³/mol. The van der Waals surface area contributed by atoms with Gasteiger partial charge in [0.25, 0.3) is 0 Å². The normalized spacial score (nSPS) is 19.2. The molecular weight excluding hydrogens is 281 g/mol. The summed E-state index contributed by atoms with van der Waals surface area (Å²) in [5.41, 5.74) is 0.772. The van der Waals surface area contributed by atoms with Gasteiger partial charge in [-0.05, 0) is 37.5 Å². The summed E-state index contributed by atoms with van der Waals surface area (Å²) in [5, 5.41) is 4.14. The van der Waals surface area contributed by atoms with Gasteiger partial charge in [0.2, 0.25) is 5.91 Å². The molecule has 1 unspecified atom stereocenters. The second kappa shape index (κ2) is 5.72. The molecule has 0 radical (unpaired) electrons. The third-order valence-corrected chi connectivity index (χ3v) is 4.79. The van der Waals surface area contributed by atoms with Crippen molar-refractivity contribution in [1.29, 1.82) is 0 Å². The molecule has 0 bridgehead atoms. The molecule has 4 heteroatoms. The van der Waals surface area contributed by atoms with Crippen LogP contribution >= 0.6 is 23.2 Å². The van der Waals surface area contributed by atoms with E-state index in [0.29, 0.717) is 10.0 Å². The topological polar surface area (TPSA) is 29.1 Å². The lowest BCUT2D eigenvalue weighted by molar-refractivity contribution is -0.130. The van der Waals surface area contributed by atoms with Crippen molar-refractivity contribution in [1.82, 2.24) is 5.32 Å². The van der Waals surface area contributed by atoms with Crippen molar-refractivity contribution < 1.29 is 4.79 Å². The van der Waals surface area contributed by atoms with Gasteiger partial charge in [0.15, 0.2) is 0 Å². The molecule has 0 aliphatic heterocycles. The molecule has 1 aliphatic carbocycles. The van der Waals surface area contributed by atoms with Gasteiger partial charge in [-0.2, -0.15) is 0 Å². The first kappa shape index (κ1) is 14.7. The zero-order valence-electron chi connectivity index (χ0n) is 11.3. The molecule has 19 heavy (non-hydrogen) atoms. The van der Waals surface area contributed by atoms with Crippen LogP contribution in [0.4, 0.5) is 0 Å².